The molecule has 0 spiro atoms. The van der Waals surface area contributed by atoms with E-state index in [0.29, 0.717) is 12.2 Å². The van der Waals surface area contributed by atoms with E-state index >= 15 is 0 Å². The van der Waals surface area contributed by atoms with E-state index in [-0.39, 0.29) is 4.58 Å². The number of esters is 1. The topological polar surface area (TPSA) is 52.3 Å². The first-order valence-electron chi connectivity index (χ1n) is 4.86. The average Bonchev–Trinajstić information content (AvgIpc) is 2.30. The van der Waals surface area contributed by atoms with Crippen molar-refractivity contribution in [3.63, 3.8) is 0 Å². The molecular weight excluding hydrogens is 242 g/mol. The Hall–Kier alpha value is -0.650. The minimum atomic E-state index is -0.629. The van der Waals surface area contributed by atoms with Gasteiger partial charge in [0, 0.05) is 4.58 Å². The van der Waals surface area contributed by atoms with Gasteiger partial charge in [0.2, 0.25) is 0 Å². The summed E-state index contributed by atoms with van der Waals surface area (Å²) in [6.07, 6.45) is 2.42. The van der Waals surface area contributed by atoms with Crippen LogP contribution in [-0.4, -0.2) is 22.8 Å². The summed E-state index contributed by atoms with van der Waals surface area (Å²) in [5.74, 6) is 0.0992. The number of hydrogen-bond acceptors (Lipinski definition) is 5. The normalized spacial score (nSPS) is 14.2. The molecule has 2 N–H and O–H groups in total. The Labute approximate surface area is 105 Å². The summed E-state index contributed by atoms with van der Waals surface area (Å²) in [5.41, 5.74) is 5.70. The quantitative estimate of drug-likeness (QED) is 0.366. The van der Waals surface area contributed by atoms with Gasteiger partial charge in [-0.2, -0.15) is 24.4 Å². The summed E-state index contributed by atoms with van der Waals surface area (Å²) in [7, 11) is 0. The van der Waals surface area contributed by atoms with Crippen LogP contribution in [0.4, 0.5) is 0 Å². The predicted molar refractivity (Wildman–Crippen MR) is 71.0 cm³/mol. The van der Waals surface area contributed by atoms with Crippen LogP contribution in [0.3, 0.4) is 0 Å². The molecule has 2 atom stereocenters. The summed E-state index contributed by atoms with van der Waals surface area (Å²) in [6, 6.07) is 8.27. The molecular formula is C11H15NO2S2. The van der Waals surface area contributed by atoms with Crippen LogP contribution >= 0.6 is 24.4 Å². The van der Waals surface area contributed by atoms with Gasteiger partial charge in [0.05, 0.1) is 0 Å². The zero-order chi connectivity index (χ0) is 12.0. The Balaban J connectivity index is 2.46. The number of carbonyl (C=O) groups excluding carboxylic acids is 1. The molecule has 1 rings (SSSR count). The van der Waals surface area contributed by atoms with E-state index in [1.54, 1.807) is 36.0 Å². The van der Waals surface area contributed by atoms with Crippen LogP contribution in [-0.2, 0) is 4.79 Å². The first-order valence-corrected chi connectivity index (χ1v) is 6.67. The molecule has 0 aliphatic rings. The maximum Gasteiger partial charge on any atom is 0.328 e. The SMILES string of the molecule is CSC(S)CC(N)C(=O)Oc1ccccc1. The molecule has 5 heteroatoms. The number of benzene rings is 1. The number of rotatable bonds is 5. The van der Waals surface area contributed by atoms with Crippen LogP contribution in [0.5, 0.6) is 5.75 Å². The highest BCUT2D eigenvalue weighted by atomic mass is 32.2. The van der Waals surface area contributed by atoms with Gasteiger partial charge in [-0.3, -0.25) is 0 Å². The summed E-state index contributed by atoms with van der Waals surface area (Å²) < 4.78 is 5.17. The van der Waals surface area contributed by atoms with Crippen molar-refractivity contribution in [2.75, 3.05) is 6.26 Å². The van der Waals surface area contributed by atoms with Crippen molar-refractivity contribution in [2.24, 2.45) is 5.73 Å². The number of para-hydroxylation sites is 1. The van der Waals surface area contributed by atoms with E-state index in [4.69, 9.17) is 10.5 Å². The summed E-state index contributed by atoms with van der Waals surface area (Å²) in [6.45, 7) is 0. The van der Waals surface area contributed by atoms with Crippen molar-refractivity contribution < 1.29 is 9.53 Å². The summed E-state index contributed by atoms with van der Waals surface area (Å²) in [5, 5.41) is 0. The Kier molecular flexibility index (Phi) is 5.73. The average molecular weight is 257 g/mol. The highest BCUT2D eigenvalue weighted by molar-refractivity contribution is 8.09. The molecule has 88 valence electrons. The molecule has 0 saturated carbocycles. The number of nitrogens with two attached hydrogens (primary N) is 1. The van der Waals surface area contributed by atoms with Gasteiger partial charge in [-0.1, -0.05) is 18.2 Å². The van der Waals surface area contributed by atoms with Gasteiger partial charge in [0.1, 0.15) is 11.8 Å². The Morgan fingerprint density at radius 1 is 1.50 bits per heavy atom. The Morgan fingerprint density at radius 2 is 2.12 bits per heavy atom. The number of hydrogen-bond donors (Lipinski definition) is 2. The minimum absolute atomic E-state index is 0.0540. The lowest BCUT2D eigenvalue weighted by atomic mass is 10.2. The number of ether oxygens (including phenoxy) is 1. The maximum atomic E-state index is 11.6. The second-order valence-electron chi connectivity index (χ2n) is 3.27. The van der Waals surface area contributed by atoms with Crippen LogP contribution in [0.1, 0.15) is 6.42 Å². The van der Waals surface area contributed by atoms with Crippen LogP contribution in [0, 0.1) is 0 Å². The molecule has 16 heavy (non-hydrogen) atoms. The van der Waals surface area contributed by atoms with Crippen LogP contribution in [0.2, 0.25) is 0 Å². The van der Waals surface area contributed by atoms with Gasteiger partial charge in [-0.05, 0) is 24.8 Å². The van der Waals surface area contributed by atoms with Crippen molar-refractivity contribution in [2.45, 2.75) is 17.0 Å². The molecule has 0 aliphatic heterocycles. The number of carbonyl (C=O) groups is 1. The Morgan fingerprint density at radius 3 is 2.69 bits per heavy atom. The molecule has 0 saturated heterocycles. The largest absolute Gasteiger partial charge is 0.425 e. The third-order valence-corrected chi connectivity index (χ3v) is 3.57. The van der Waals surface area contributed by atoms with Crippen molar-refractivity contribution in [3.05, 3.63) is 30.3 Å². The first kappa shape index (κ1) is 13.4. The maximum absolute atomic E-state index is 11.6. The smallest absolute Gasteiger partial charge is 0.328 e. The van der Waals surface area contributed by atoms with E-state index in [1.165, 1.54) is 0 Å². The van der Waals surface area contributed by atoms with E-state index in [1.807, 2.05) is 12.3 Å². The molecule has 0 bridgehead atoms. The summed E-state index contributed by atoms with van der Waals surface area (Å²) >= 11 is 5.82. The molecule has 1 aromatic carbocycles. The molecule has 0 amide bonds. The second-order valence-corrected chi connectivity index (χ2v) is 5.28. The fourth-order valence-electron chi connectivity index (χ4n) is 1.09. The lowest BCUT2D eigenvalue weighted by molar-refractivity contribution is -0.135. The molecule has 3 nitrogen and oxygen atoms in total. The second kappa shape index (κ2) is 6.83. The van der Waals surface area contributed by atoms with Crippen molar-refractivity contribution in [1.29, 1.82) is 0 Å². The van der Waals surface area contributed by atoms with Gasteiger partial charge in [-0.25, -0.2) is 4.79 Å². The molecule has 0 aromatic heterocycles. The molecule has 2 unspecified atom stereocenters. The van der Waals surface area contributed by atoms with Gasteiger partial charge < -0.3 is 10.5 Å². The van der Waals surface area contributed by atoms with Crippen molar-refractivity contribution in [1.82, 2.24) is 0 Å². The molecule has 1 aromatic rings. The van der Waals surface area contributed by atoms with Gasteiger partial charge in [0.15, 0.2) is 0 Å². The van der Waals surface area contributed by atoms with E-state index in [2.05, 4.69) is 12.6 Å². The number of thiol groups is 1. The van der Waals surface area contributed by atoms with Crippen molar-refractivity contribution >= 4 is 30.4 Å². The Bertz CT molecular complexity index is 332. The van der Waals surface area contributed by atoms with E-state index in [9.17, 15) is 4.79 Å². The van der Waals surface area contributed by atoms with Crippen LogP contribution < -0.4 is 10.5 Å². The lowest BCUT2D eigenvalue weighted by Gasteiger charge is -2.13. The lowest BCUT2D eigenvalue weighted by Crippen LogP contribution is -2.35. The van der Waals surface area contributed by atoms with E-state index < -0.39 is 12.0 Å². The van der Waals surface area contributed by atoms with Crippen LogP contribution in [0.25, 0.3) is 0 Å². The van der Waals surface area contributed by atoms with Gasteiger partial charge in [-0.15, -0.1) is 0 Å². The standard InChI is InChI=1S/C11H15NO2S2/c1-16-10(15)7-9(12)11(13)14-8-5-3-2-4-6-8/h2-6,9-10,15H,7,12H2,1H3. The fourth-order valence-corrected chi connectivity index (χ4v) is 1.72. The van der Waals surface area contributed by atoms with E-state index in [0.717, 1.165) is 0 Å². The van der Waals surface area contributed by atoms with Gasteiger partial charge in [0.25, 0.3) is 0 Å². The van der Waals surface area contributed by atoms with Crippen LogP contribution in [0.15, 0.2) is 30.3 Å². The highest BCUT2D eigenvalue weighted by Crippen LogP contribution is 2.17. The predicted octanol–water partition coefficient (Wildman–Crippen LogP) is 1.93. The number of thioether (sulfide) groups is 1. The molecule has 0 aliphatic carbocycles. The first-order chi connectivity index (χ1) is 7.63. The van der Waals surface area contributed by atoms with Crippen molar-refractivity contribution in [3.8, 4) is 5.75 Å². The zero-order valence-electron chi connectivity index (χ0n) is 9.00. The fraction of sp³-hybridized carbons (Fsp3) is 0.364. The summed E-state index contributed by atoms with van der Waals surface area (Å²) in [4.78, 5) is 11.6. The highest BCUT2D eigenvalue weighted by Gasteiger charge is 2.18. The molecule has 0 radical (unpaired) electrons. The third-order valence-electron chi connectivity index (χ3n) is 1.99. The zero-order valence-corrected chi connectivity index (χ0v) is 10.7. The molecule has 0 fully saturated rings. The molecule has 0 heterocycles. The monoisotopic (exact) mass is 257 g/mol. The van der Waals surface area contributed by atoms with Gasteiger partial charge >= 0.3 is 5.97 Å². The minimum Gasteiger partial charge on any atom is -0.425 e. The third kappa shape index (κ3) is 4.47.